The van der Waals surface area contributed by atoms with Crippen LogP contribution in [0.4, 0.5) is 0 Å². The quantitative estimate of drug-likeness (QED) is 0.782. The molecule has 2 aliphatic rings. The predicted octanol–water partition coefficient (Wildman–Crippen LogP) is 4.20. The van der Waals surface area contributed by atoms with Crippen molar-refractivity contribution in [3.8, 4) is 0 Å². The van der Waals surface area contributed by atoms with Gasteiger partial charge in [-0.2, -0.15) is 11.8 Å². The lowest BCUT2D eigenvalue weighted by Gasteiger charge is -2.39. The maximum Gasteiger partial charge on any atom is 0.0783 e. The standard InChI is InChI=1S/C16H21BrO2S2/c17-13-1-3-14(4-2-13)21-10-15(18)12-5-7-19-16(9-12)6-8-20-11-16/h1-4,12,15,18H,5-11H2. The van der Waals surface area contributed by atoms with Crippen molar-refractivity contribution in [2.75, 3.05) is 23.9 Å². The molecule has 0 radical (unpaired) electrons. The molecule has 0 bridgehead atoms. The van der Waals surface area contributed by atoms with E-state index in [2.05, 4.69) is 28.1 Å². The van der Waals surface area contributed by atoms with E-state index in [1.807, 2.05) is 23.9 Å². The average Bonchev–Trinajstić information content (AvgIpc) is 2.94. The zero-order chi connectivity index (χ0) is 14.7. The lowest BCUT2D eigenvalue weighted by Crippen LogP contribution is -2.43. The summed E-state index contributed by atoms with van der Waals surface area (Å²) in [6.07, 6.45) is 2.95. The average molecular weight is 389 g/mol. The Morgan fingerprint density at radius 1 is 1.43 bits per heavy atom. The Morgan fingerprint density at radius 2 is 2.24 bits per heavy atom. The van der Waals surface area contributed by atoms with Crippen molar-refractivity contribution in [3.05, 3.63) is 28.7 Å². The third-order valence-electron chi connectivity index (χ3n) is 4.38. The molecule has 3 atom stereocenters. The van der Waals surface area contributed by atoms with Crippen LogP contribution in [-0.2, 0) is 4.74 Å². The SMILES string of the molecule is OC(CSc1ccc(Br)cc1)C1CCOC2(CCSC2)C1. The maximum absolute atomic E-state index is 10.5. The van der Waals surface area contributed by atoms with Crippen LogP contribution < -0.4 is 0 Å². The van der Waals surface area contributed by atoms with Crippen molar-refractivity contribution in [3.63, 3.8) is 0 Å². The Balaban J connectivity index is 1.52. The second-order valence-corrected chi connectivity index (χ2v) is 9.03. The second kappa shape index (κ2) is 7.26. The summed E-state index contributed by atoms with van der Waals surface area (Å²) < 4.78 is 7.13. The maximum atomic E-state index is 10.5. The molecular formula is C16H21BrO2S2. The van der Waals surface area contributed by atoms with Gasteiger partial charge in [0.05, 0.1) is 11.7 Å². The molecule has 2 heterocycles. The summed E-state index contributed by atoms with van der Waals surface area (Å²) in [5, 5.41) is 10.5. The first kappa shape index (κ1) is 16.2. The molecule has 116 valence electrons. The smallest absolute Gasteiger partial charge is 0.0783 e. The fourth-order valence-electron chi connectivity index (χ4n) is 3.11. The predicted molar refractivity (Wildman–Crippen MR) is 94.2 cm³/mol. The molecule has 3 rings (SSSR count). The van der Waals surface area contributed by atoms with Crippen LogP contribution in [0.15, 0.2) is 33.6 Å². The third kappa shape index (κ3) is 4.20. The minimum absolute atomic E-state index is 0.0663. The number of benzene rings is 1. The summed E-state index contributed by atoms with van der Waals surface area (Å²) in [6, 6.07) is 8.29. The number of ether oxygens (including phenoxy) is 1. The second-order valence-electron chi connectivity index (χ2n) is 5.92. The first-order chi connectivity index (χ1) is 10.2. The normalized spacial score (nSPS) is 30.7. The molecule has 2 nitrogen and oxygen atoms in total. The molecule has 0 aromatic heterocycles. The van der Waals surface area contributed by atoms with Crippen molar-refractivity contribution in [2.45, 2.75) is 35.9 Å². The summed E-state index contributed by atoms with van der Waals surface area (Å²) in [5.41, 5.74) is 0.0663. The number of aliphatic hydroxyl groups excluding tert-OH is 1. The van der Waals surface area contributed by atoms with Gasteiger partial charge in [0.25, 0.3) is 0 Å². The summed E-state index contributed by atoms with van der Waals surface area (Å²) in [4.78, 5) is 1.22. The highest BCUT2D eigenvalue weighted by Crippen LogP contribution is 2.41. The van der Waals surface area contributed by atoms with E-state index in [9.17, 15) is 5.11 Å². The molecule has 2 saturated heterocycles. The van der Waals surface area contributed by atoms with Crippen LogP contribution in [0.3, 0.4) is 0 Å². The molecule has 0 amide bonds. The van der Waals surface area contributed by atoms with Gasteiger partial charge in [-0.1, -0.05) is 15.9 Å². The molecule has 21 heavy (non-hydrogen) atoms. The highest BCUT2D eigenvalue weighted by atomic mass is 79.9. The highest BCUT2D eigenvalue weighted by Gasteiger charge is 2.42. The monoisotopic (exact) mass is 388 g/mol. The summed E-state index contributed by atoms with van der Waals surface area (Å²) in [5.74, 6) is 3.47. The molecule has 1 N–H and O–H groups in total. The van der Waals surface area contributed by atoms with Gasteiger partial charge in [-0.05, 0) is 55.2 Å². The van der Waals surface area contributed by atoms with Crippen molar-refractivity contribution in [2.24, 2.45) is 5.92 Å². The highest BCUT2D eigenvalue weighted by molar-refractivity contribution is 9.10. The molecular weight excluding hydrogens is 368 g/mol. The van der Waals surface area contributed by atoms with Crippen LogP contribution in [0.25, 0.3) is 0 Å². The molecule has 1 spiro atoms. The van der Waals surface area contributed by atoms with E-state index in [0.29, 0.717) is 5.92 Å². The van der Waals surface area contributed by atoms with E-state index in [4.69, 9.17) is 4.74 Å². The summed E-state index contributed by atoms with van der Waals surface area (Å²) >= 11 is 7.18. The summed E-state index contributed by atoms with van der Waals surface area (Å²) in [6.45, 7) is 0.811. The largest absolute Gasteiger partial charge is 0.392 e. The van der Waals surface area contributed by atoms with E-state index in [-0.39, 0.29) is 11.7 Å². The van der Waals surface area contributed by atoms with Crippen molar-refractivity contribution in [1.29, 1.82) is 0 Å². The molecule has 1 aromatic rings. The fourth-order valence-corrected chi connectivity index (χ4v) is 5.71. The van der Waals surface area contributed by atoms with Gasteiger partial charge in [0.2, 0.25) is 0 Å². The molecule has 2 aliphatic heterocycles. The minimum atomic E-state index is -0.231. The van der Waals surface area contributed by atoms with Gasteiger partial charge >= 0.3 is 0 Å². The fraction of sp³-hybridized carbons (Fsp3) is 0.625. The number of thioether (sulfide) groups is 2. The Bertz CT molecular complexity index is 460. The van der Waals surface area contributed by atoms with Crippen LogP contribution in [0.1, 0.15) is 19.3 Å². The Labute approximate surface area is 143 Å². The molecule has 2 fully saturated rings. The van der Waals surface area contributed by atoms with Crippen molar-refractivity contribution in [1.82, 2.24) is 0 Å². The van der Waals surface area contributed by atoms with Crippen molar-refractivity contribution >= 4 is 39.5 Å². The topological polar surface area (TPSA) is 29.5 Å². The van der Waals surface area contributed by atoms with Crippen LogP contribution in [0.5, 0.6) is 0 Å². The van der Waals surface area contributed by atoms with E-state index in [0.717, 1.165) is 41.8 Å². The number of hydrogen-bond acceptors (Lipinski definition) is 4. The van der Waals surface area contributed by atoms with E-state index in [1.54, 1.807) is 11.8 Å². The van der Waals surface area contributed by atoms with E-state index in [1.165, 1.54) is 10.6 Å². The van der Waals surface area contributed by atoms with Crippen LogP contribution >= 0.6 is 39.5 Å². The lowest BCUT2D eigenvalue weighted by molar-refractivity contribution is -0.0977. The van der Waals surface area contributed by atoms with E-state index < -0.39 is 0 Å². The van der Waals surface area contributed by atoms with Gasteiger partial charge in [0.15, 0.2) is 0 Å². The first-order valence-corrected chi connectivity index (χ1v) is 10.4. The molecule has 0 saturated carbocycles. The van der Waals surface area contributed by atoms with Gasteiger partial charge in [-0.25, -0.2) is 0 Å². The molecule has 0 aliphatic carbocycles. The van der Waals surface area contributed by atoms with Crippen LogP contribution in [-0.4, -0.2) is 40.7 Å². The number of halogens is 1. The third-order valence-corrected chi connectivity index (χ3v) is 7.24. The van der Waals surface area contributed by atoms with Gasteiger partial charge in [-0.3, -0.25) is 0 Å². The minimum Gasteiger partial charge on any atom is -0.392 e. The lowest BCUT2D eigenvalue weighted by atomic mass is 9.83. The van der Waals surface area contributed by atoms with Gasteiger partial charge in [-0.15, -0.1) is 11.8 Å². The van der Waals surface area contributed by atoms with Crippen LogP contribution in [0.2, 0.25) is 0 Å². The molecule has 1 aromatic carbocycles. The zero-order valence-electron chi connectivity index (χ0n) is 12.0. The van der Waals surface area contributed by atoms with E-state index >= 15 is 0 Å². The van der Waals surface area contributed by atoms with Crippen LogP contribution in [0, 0.1) is 5.92 Å². The Kier molecular flexibility index (Phi) is 5.60. The summed E-state index contributed by atoms with van der Waals surface area (Å²) in [7, 11) is 0. The van der Waals surface area contributed by atoms with Gasteiger partial charge in [0, 0.05) is 27.5 Å². The number of rotatable bonds is 4. The van der Waals surface area contributed by atoms with Gasteiger partial charge in [0.1, 0.15) is 0 Å². The number of hydrogen-bond donors (Lipinski definition) is 1. The van der Waals surface area contributed by atoms with Crippen molar-refractivity contribution < 1.29 is 9.84 Å². The molecule has 3 unspecified atom stereocenters. The Hall–Kier alpha value is 0.320. The van der Waals surface area contributed by atoms with Gasteiger partial charge < -0.3 is 9.84 Å². The molecule has 5 heteroatoms. The number of aliphatic hydroxyl groups is 1. The Morgan fingerprint density at radius 3 is 2.95 bits per heavy atom. The first-order valence-electron chi connectivity index (χ1n) is 7.45. The zero-order valence-corrected chi connectivity index (χ0v) is 15.2.